The number of ether oxygens (including phenoxy) is 1. The molecule has 0 saturated heterocycles. The van der Waals surface area contributed by atoms with Crippen LogP contribution in [0.1, 0.15) is 44.1 Å². The molecule has 1 fully saturated rings. The lowest BCUT2D eigenvalue weighted by atomic mass is 9.81. The number of nitrogen functional groups attached to an aromatic ring is 1. The van der Waals surface area contributed by atoms with E-state index in [1.54, 1.807) is 0 Å². The number of aryl methyl sites for hydroxylation is 1. The molecule has 1 aromatic carbocycles. The van der Waals surface area contributed by atoms with E-state index in [0.29, 0.717) is 31.4 Å². The highest BCUT2D eigenvalue weighted by Gasteiger charge is 2.41. The Morgan fingerprint density at radius 2 is 1.91 bits per heavy atom. The quantitative estimate of drug-likeness (QED) is 0.645. The summed E-state index contributed by atoms with van der Waals surface area (Å²) in [6.07, 6.45) is 5.14. The SMILES string of the molecule is COC(=O)C1(NC(=O)CCc2ccccc2N)CCCCC1. The van der Waals surface area contributed by atoms with Crippen molar-refractivity contribution in [3.63, 3.8) is 0 Å². The van der Waals surface area contributed by atoms with Gasteiger partial charge in [-0.1, -0.05) is 37.5 Å². The van der Waals surface area contributed by atoms with Gasteiger partial charge in [0.2, 0.25) is 5.91 Å². The monoisotopic (exact) mass is 304 g/mol. The molecule has 22 heavy (non-hydrogen) atoms. The highest BCUT2D eigenvalue weighted by Crippen LogP contribution is 2.29. The second-order valence-electron chi connectivity index (χ2n) is 5.88. The van der Waals surface area contributed by atoms with Crippen molar-refractivity contribution in [2.45, 2.75) is 50.5 Å². The zero-order valence-electron chi connectivity index (χ0n) is 13.1. The summed E-state index contributed by atoms with van der Waals surface area (Å²) in [5.41, 5.74) is 6.68. The average Bonchev–Trinajstić information content (AvgIpc) is 2.54. The molecule has 0 atom stereocenters. The van der Waals surface area contributed by atoms with E-state index in [-0.39, 0.29) is 11.9 Å². The fourth-order valence-electron chi connectivity index (χ4n) is 3.07. The van der Waals surface area contributed by atoms with Crippen molar-refractivity contribution < 1.29 is 14.3 Å². The molecule has 0 aromatic heterocycles. The number of benzene rings is 1. The van der Waals surface area contributed by atoms with Crippen LogP contribution >= 0.6 is 0 Å². The zero-order chi connectivity index (χ0) is 16.0. The Hall–Kier alpha value is -2.04. The highest BCUT2D eigenvalue weighted by molar-refractivity contribution is 5.88. The Labute approximate surface area is 131 Å². The number of hydrogen-bond acceptors (Lipinski definition) is 4. The second-order valence-corrected chi connectivity index (χ2v) is 5.88. The molecule has 1 saturated carbocycles. The number of nitrogens with one attached hydrogen (secondary N) is 1. The minimum Gasteiger partial charge on any atom is -0.467 e. The fraction of sp³-hybridized carbons (Fsp3) is 0.529. The molecule has 120 valence electrons. The van der Waals surface area contributed by atoms with Crippen LogP contribution in [0.4, 0.5) is 5.69 Å². The molecular weight excluding hydrogens is 280 g/mol. The molecule has 0 unspecified atom stereocenters. The number of amides is 1. The standard InChI is InChI=1S/C17H24N2O3/c1-22-16(21)17(11-5-2-6-12-17)19-15(20)10-9-13-7-3-4-8-14(13)18/h3-4,7-8H,2,5-6,9-12,18H2,1H3,(H,19,20). The molecule has 0 spiro atoms. The van der Waals surface area contributed by atoms with Gasteiger partial charge in [0.25, 0.3) is 0 Å². The van der Waals surface area contributed by atoms with E-state index >= 15 is 0 Å². The number of nitrogens with two attached hydrogens (primary N) is 1. The lowest BCUT2D eigenvalue weighted by molar-refractivity contribution is -0.152. The maximum Gasteiger partial charge on any atom is 0.331 e. The molecule has 1 aliphatic rings. The van der Waals surface area contributed by atoms with Crippen molar-refractivity contribution in [3.05, 3.63) is 29.8 Å². The molecule has 1 aromatic rings. The van der Waals surface area contributed by atoms with Gasteiger partial charge in [-0.15, -0.1) is 0 Å². The summed E-state index contributed by atoms with van der Waals surface area (Å²) in [6, 6.07) is 7.51. The van der Waals surface area contributed by atoms with Gasteiger partial charge in [-0.25, -0.2) is 4.79 Å². The molecule has 0 bridgehead atoms. The van der Waals surface area contributed by atoms with Crippen LogP contribution in [0.15, 0.2) is 24.3 Å². The van der Waals surface area contributed by atoms with E-state index in [1.807, 2.05) is 24.3 Å². The van der Waals surface area contributed by atoms with Crippen molar-refractivity contribution in [1.29, 1.82) is 0 Å². The third kappa shape index (κ3) is 3.78. The topological polar surface area (TPSA) is 81.4 Å². The maximum absolute atomic E-state index is 12.3. The fourth-order valence-corrected chi connectivity index (χ4v) is 3.07. The predicted molar refractivity (Wildman–Crippen MR) is 85.2 cm³/mol. The van der Waals surface area contributed by atoms with Gasteiger partial charge < -0.3 is 15.8 Å². The molecule has 0 heterocycles. The smallest absolute Gasteiger partial charge is 0.331 e. The molecule has 3 N–H and O–H groups in total. The van der Waals surface area contributed by atoms with Crippen LogP contribution in [0.2, 0.25) is 0 Å². The molecule has 5 nitrogen and oxygen atoms in total. The Morgan fingerprint density at radius 3 is 2.55 bits per heavy atom. The van der Waals surface area contributed by atoms with Gasteiger partial charge in [-0.3, -0.25) is 4.79 Å². The van der Waals surface area contributed by atoms with Gasteiger partial charge in [0.05, 0.1) is 7.11 Å². The zero-order valence-corrected chi connectivity index (χ0v) is 13.1. The Balaban J connectivity index is 1.97. The van der Waals surface area contributed by atoms with E-state index in [4.69, 9.17) is 10.5 Å². The molecule has 1 aliphatic carbocycles. The van der Waals surface area contributed by atoms with E-state index < -0.39 is 5.54 Å². The number of methoxy groups -OCH3 is 1. The van der Waals surface area contributed by atoms with Crippen molar-refractivity contribution in [1.82, 2.24) is 5.32 Å². The first-order valence-electron chi connectivity index (χ1n) is 7.80. The Morgan fingerprint density at radius 1 is 1.23 bits per heavy atom. The first-order valence-corrected chi connectivity index (χ1v) is 7.80. The normalized spacial score (nSPS) is 16.8. The molecule has 5 heteroatoms. The van der Waals surface area contributed by atoms with Crippen LogP contribution in [-0.4, -0.2) is 24.5 Å². The largest absolute Gasteiger partial charge is 0.467 e. The third-order valence-corrected chi connectivity index (χ3v) is 4.34. The van der Waals surface area contributed by atoms with Crippen LogP contribution in [0.5, 0.6) is 0 Å². The summed E-state index contributed by atoms with van der Waals surface area (Å²) in [7, 11) is 1.37. The number of para-hydroxylation sites is 1. The van der Waals surface area contributed by atoms with Gasteiger partial charge in [0, 0.05) is 12.1 Å². The van der Waals surface area contributed by atoms with Crippen molar-refractivity contribution >= 4 is 17.6 Å². The molecule has 0 radical (unpaired) electrons. The van der Waals surface area contributed by atoms with Crippen molar-refractivity contribution in [3.8, 4) is 0 Å². The van der Waals surface area contributed by atoms with Gasteiger partial charge in [-0.2, -0.15) is 0 Å². The molecule has 2 rings (SSSR count). The van der Waals surface area contributed by atoms with Crippen LogP contribution in [0.3, 0.4) is 0 Å². The van der Waals surface area contributed by atoms with Crippen LogP contribution in [0, 0.1) is 0 Å². The molecule has 0 aliphatic heterocycles. The van der Waals surface area contributed by atoms with E-state index in [9.17, 15) is 9.59 Å². The van der Waals surface area contributed by atoms with Gasteiger partial charge in [-0.05, 0) is 30.9 Å². The van der Waals surface area contributed by atoms with Crippen LogP contribution in [0.25, 0.3) is 0 Å². The Kier molecular flexibility index (Phi) is 5.41. The summed E-state index contributed by atoms with van der Waals surface area (Å²) in [5.74, 6) is -0.463. The Bertz CT molecular complexity index is 536. The first-order chi connectivity index (χ1) is 10.6. The summed E-state index contributed by atoms with van der Waals surface area (Å²) < 4.78 is 4.90. The number of carbonyl (C=O) groups is 2. The predicted octanol–water partition coefficient (Wildman–Crippen LogP) is 2.19. The van der Waals surface area contributed by atoms with Gasteiger partial charge in [0.15, 0.2) is 0 Å². The summed E-state index contributed by atoms with van der Waals surface area (Å²) >= 11 is 0. The second kappa shape index (κ2) is 7.29. The minimum absolute atomic E-state index is 0.129. The molecular formula is C17H24N2O3. The summed E-state index contributed by atoms with van der Waals surface area (Å²) in [6.45, 7) is 0. The number of hydrogen-bond donors (Lipinski definition) is 2. The highest BCUT2D eigenvalue weighted by atomic mass is 16.5. The number of carbonyl (C=O) groups excluding carboxylic acids is 2. The van der Waals surface area contributed by atoms with Gasteiger partial charge >= 0.3 is 5.97 Å². The maximum atomic E-state index is 12.3. The van der Waals surface area contributed by atoms with Gasteiger partial charge in [0.1, 0.15) is 5.54 Å². The number of anilines is 1. The number of esters is 1. The third-order valence-electron chi connectivity index (χ3n) is 4.34. The van der Waals surface area contributed by atoms with Crippen LogP contribution in [-0.2, 0) is 20.7 Å². The van der Waals surface area contributed by atoms with Crippen molar-refractivity contribution in [2.24, 2.45) is 0 Å². The van der Waals surface area contributed by atoms with E-state index in [2.05, 4.69) is 5.32 Å². The average molecular weight is 304 g/mol. The lowest BCUT2D eigenvalue weighted by Crippen LogP contribution is -2.56. The van der Waals surface area contributed by atoms with E-state index in [0.717, 1.165) is 24.8 Å². The molecule has 1 amide bonds. The lowest BCUT2D eigenvalue weighted by Gasteiger charge is -2.35. The minimum atomic E-state index is -0.841. The number of rotatable bonds is 5. The van der Waals surface area contributed by atoms with E-state index in [1.165, 1.54) is 7.11 Å². The van der Waals surface area contributed by atoms with Crippen molar-refractivity contribution in [2.75, 3.05) is 12.8 Å². The van der Waals surface area contributed by atoms with Crippen LogP contribution < -0.4 is 11.1 Å². The first kappa shape index (κ1) is 16.3. The summed E-state index contributed by atoms with van der Waals surface area (Å²) in [5, 5.41) is 2.92. The summed E-state index contributed by atoms with van der Waals surface area (Å²) in [4.78, 5) is 24.4.